The molecule has 0 aliphatic carbocycles. The summed E-state index contributed by atoms with van der Waals surface area (Å²) < 4.78 is 10.7. The van der Waals surface area contributed by atoms with Crippen molar-refractivity contribution in [3.8, 4) is 11.5 Å². The summed E-state index contributed by atoms with van der Waals surface area (Å²) in [6.07, 6.45) is 0. The molecule has 0 saturated heterocycles. The van der Waals surface area contributed by atoms with Crippen LogP contribution in [0.1, 0.15) is 45.0 Å². The summed E-state index contributed by atoms with van der Waals surface area (Å²) in [4.78, 5) is 25.7. The summed E-state index contributed by atoms with van der Waals surface area (Å²) in [6, 6.07) is 5.76. The minimum atomic E-state index is -0.190. The molecule has 1 N–H and O–H groups in total. The second-order valence-electron chi connectivity index (χ2n) is 6.49. The summed E-state index contributed by atoms with van der Waals surface area (Å²) in [5, 5.41) is 2.86. The third-order valence-electron chi connectivity index (χ3n) is 3.95. The number of ketones is 1. The van der Waals surface area contributed by atoms with Gasteiger partial charge in [0.15, 0.2) is 23.9 Å². The van der Waals surface area contributed by atoms with E-state index in [1.54, 1.807) is 18.2 Å². The Bertz CT molecular complexity index is 577. The smallest absolute Gasteiger partial charge is 0.257 e. The minimum absolute atomic E-state index is 0.0533. The Morgan fingerprint density at radius 2 is 1.76 bits per heavy atom. The zero-order chi connectivity index (χ0) is 19.0. The molecular formula is C19H30N2O4. The summed E-state index contributed by atoms with van der Waals surface area (Å²) in [7, 11) is 1.50. The number of ether oxygens (including phenoxy) is 2. The van der Waals surface area contributed by atoms with E-state index in [-0.39, 0.29) is 18.3 Å². The average Bonchev–Trinajstić information content (AvgIpc) is 2.55. The van der Waals surface area contributed by atoms with Crippen LogP contribution in [0, 0.1) is 0 Å². The minimum Gasteiger partial charge on any atom is -0.493 e. The predicted molar refractivity (Wildman–Crippen MR) is 98.5 cm³/mol. The van der Waals surface area contributed by atoms with E-state index in [0.717, 1.165) is 6.54 Å². The van der Waals surface area contributed by atoms with Gasteiger partial charge in [-0.2, -0.15) is 0 Å². The van der Waals surface area contributed by atoms with E-state index in [4.69, 9.17) is 9.47 Å². The SMILES string of the molecule is COc1cc(C(C)=O)ccc1OCC(=O)NCCN(C(C)C)C(C)C. The largest absolute Gasteiger partial charge is 0.493 e. The van der Waals surface area contributed by atoms with Crippen LogP contribution in [0.5, 0.6) is 11.5 Å². The average molecular weight is 350 g/mol. The first-order valence-electron chi connectivity index (χ1n) is 8.60. The second-order valence-corrected chi connectivity index (χ2v) is 6.49. The summed E-state index contributed by atoms with van der Waals surface area (Å²) >= 11 is 0. The lowest BCUT2D eigenvalue weighted by molar-refractivity contribution is -0.123. The highest BCUT2D eigenvalue weighted by molar-refractivity contribution is 5.94. The lowest BCUT2D eigenvalue weighted by Crippen LogP contribution is -2.43. The fraction of sp³-hybridized carbons (Fsp3) is 0.579. The van der Waals surface area contributed by atoms with Crippen LogP contribution in [0.4, 0.5) is 0 Å². The van der Waals surface area contributed by atoms with Gasteiger partial charge in [-0.15, -0.1) is 0 Å². The standard InChI is InChI=1S/C19H30N2O4/c1-13(2)21(14(3)4)10-9-20-19(23)12-25-17-8-7-16(15(5)22)11-18(17)24-6/h7-8,11,13-14H,9-10,12H2,1-6H3,(H,20,23). The number of rotatable bonds is 10. The third-order valence-corrected chi connectivity index (χ3v) is 3.95. The summed E-state index contributed by atoms with van der Waals surface area (Å²) in [6.45, 7) is 11.3. The first-order chi connectivity index (χ1) is 11.8. The first-order valence-corrected chi connectivity index (χ1v) is 8.60. The van der Waals surface area contributed by atoms with E-state index in [1.807, 2.05) is 0 Å². The maximum Gasteiger partial charge on any atom is 0.257 e. The van der Waals surface area contributed by atoms with Crippen LogP contribution < -0.4 is 14.8 Å². The Morgan fingerprint density at radius 1 is 1.12 bits per heavy atom. The number of methoxy groups -OCH3 is 1. The van der Waals surface area contributed by atoms with Gasteiger partial charge < -0.3 is 14.8 Å². The molecular weight excluding hydrogens is 320 g/mol. The second kappa shape index (κ2) is 10.0. The van der Waals surface area contributed by atoms with Crippen LogP contribution in [0.15, 0.2) is 18.2 Å². The Hall–Kier alpha value is -2.08. The van der Waals surface area contributed by atoms with E-state index >= 15 is 0 Å². The molecule has 1 amide bonds. The number of nitrogens with one attached hydrogen (secondary N) is 1. The fourth-order valence-corrected chi connectivity index (χ4v) is 2.64. The molecule has 1 aromatic rings. The number of amides is 1. The molecule has 0 aliphatic rings. The van der Waals surface area contributed by atoms with Crippen molar-refractivity contribution < 1.29 is 19.1 Å². The maximum atomic E-state index is 12.0. The van der Waals surface area contributed by atoms with Crippen LogP contribution in [-0.2, 0) is 4.79 Å². The molecule has 1 rings (SSSR count). The Kier molecular flexibility index (Phi) is 8.41. The third kappa shape index (κ3) is 6.74. The van der Waals surface area contributed by atoms with E-state index in [9.17, 15) is 9.59 Å². The Labute approximate surface area is 150 Å². The summed E-state index contributed by atoms with van der Waals surface area (Å²) in [5.41, 5.74) is 0.538. The molecule has 0 bridgehead atoms. The predicted octanol–water partition coefficient (Wildman–Crippen LogP) is 2.51. The van der Waals surface area contributed by atoms with Gasteiger partial charge in [0.1, 0.15) is 0 Å². The van der Waals surface area contributed by atoms with E-state index in [1.165, 1.54) is 14.0 Å². The van der Waals surface area contributed by atoms with Gasteiger partial charge >= 0.3 is 0 Å². The van der Waals surface area contributed by atoms with Crippen LogP contribution in [0.3, 0.4) is 0 Å². The molecule has 0 spiro atoms. The molecule has 0 unspecified atom stereocenters. The van der Waals surface area contributed by atoms with Gasteiger partial charge in [0.2, 0.25) is 0 Å². The van der Waals surface area contributed by atoms with Crippen LogP contribution in [-0.4, -0.2) is 55.5 Å². The summed E-state index contributed by atoms with van der Waals surface area (Å²) in [5.74, 6) is 0.632. The van der Waals surface area contributed by atoms with Crippen LogP contribution >= 0.6 is 0 Å². The molecule has 0 atom stereocenters. The van der Waals surface area contributed by atoms with Crippen molar-refractivity contribution in [2.75, 3.05) is 26.8 Å². The van der Waals surface area contributed by atoms with Crippen molar-refractivity contribution >= 4 is 11.7 Å². The molecule has 0 aliphatic heterocycles. The molecule has 0 heterocycles. The molecule has 6 nitrogen and oxygen atoms in total. The molecule has 140 valence electrons. The number of benzene rings is 1. The van der Waals surface area contributed by atoms with E-state index < -0.39 is 0 Å². The van der Waals surface area contributed by atoms with Gasteiger partial charge in [0.25, 0.3) is 5.91 Å². The van der Waals surface area contributed by atoms with Gasteiger partial charge in [-0.25, -0.2) is 0 Å². The number of nitrogens with zero attached hydrogens (tertiary/aromatic N) is 1. The van der Waals surface area contributed by atoms with Crippen molar-refractivity contribution in [3.63, 3.8) is 0 Å². The van der Waals surface area contributed by atoms with Gasteiger partial charge in [-0.3, -0.25) is 14.5 Å². The lowest BCUT2D eigenvalue weighted by atomic mass is 10.1. The molecule has 1 aromatic carbocycles. The van der Waals surface area contributed by atoms with Gasteiger partial charge in [-0.05, 0) is 52.8 Å². The molecule has 0 radical (unpaired) electrons. The van der Waals surface area contributed by atoms with Crippen molar-refractivity contribution in [2.45, 2.75) is 46.7 Å². The monoisotopic (exact) mass is 350 g/mol. The van der Waals surface area contributed by atoms with Crippen molar-refractivity contribution in [1.29, 1.82) is 0 Å². The van der Waals surface area contributed by atoms with E-state index in [0.29, 0.717) is 35.7 Å². The normalized spacial score (nSPS) is 11.1. The fourth-order valence-electron chi connectivity index (χ4n) is 2.64. The van der Waals surface area contributed by atoms with Gasteiger partial charge in [0.05, 0.1) is 7.11 Å². The highest BCUT2D eigenvalue weighted by atomic mass is 16.5. The quantitative estimate of drug-likeness (QED) is 0.657. The van der Waals surface area contributed by atoms with Crippen molar-refractivity contribution in [1.82, 2.24) is 10.2 Å². The molecule has 6 heteroatoms. The molecule has 25 heavy (non-hydrogen) atoms. The zero-order valence-electron chi connectivity index (χ0n) is 16.1. The van der Waals surface area contributed by atoms with Gasteiger partial charge in [0, 0.05) is 30.7 Å². The number of carbonyl (C=O) groups is 2. The lowest BCUT2D eigenvalue weighted by Gasteiger charge is -2.30. The zero-order valence-corrected chi connectivity index (χ0v) is 16.1. The van der Waals surface area contributed by atoms with E-state index in [2.05, 4.69) is 37.9 Å². The molecule has 0 fully saturated rings. The van der Waals surface area contributed by atoms with Crippen LogP contribution in [0.25, 0.3) is 0 Å². The number of hydrogen-bond donors (Lipinski definition) is 1. The topological polar surface area (TPSA) is 67.9 Å². The number of hydrogen-bond acceptors (Lipinski definition) is 5. The highest BCUT2D eigenvalue weighted by Gasteiger charge is 2.14. The van der Waals surface area contributed by atoms with Gasteiger partial charge in [-0.1, -0.05) is 0 Å². The first kappa shape index (κ1) is 21.0. The number of carbonyl (C=O) groups excluding carboxylic acids is 2. The molecule has 0 saturated carbocycles. The van der Waals surface area contributed by atoms with Crippen molar-refractivity contribution in [2.24, 2.45) is 0 Å². The molecule has 0 aromatic heterocycles. The number of Topliss-reactive ketones (excluding diaryl/α,β-unsaturated/α-hetero) is 1. The Morgan fingerprint density at radius 3 is 2.28 bits per heavy atom. The van der Waals surface area contributed by atoms with Crippen LogP contribution in [0.2, 0.25) is 0 Å². The maximum absolute atomic E-state index is 12.0. The highest BCUT2D eigenvalue weighted by Crippen LogP contribution is 2.28. The Balaban J connectivity index is 2.50. The van der Waals surface area contributed by atoms with Crippen molar-refractivity contribution in [3.05, 3.63) is 23.8 Å².